The van der Waals surface area contributed by atoms with Crippen LogP contribution in [0.25, 0.3) is 11.3 Å². The van der Waals surface area contributed by atoms with Crippen molar-refractivity contribution >= 4 is 5.91 Å². The number of amides is 1. The predicted molar refractivity (Wildman–Crippen MR) is 101 cm³/mol. The Morgan fingerprint density at radius 2 is 2.00 bits per heavy atom. The Hall–Kier alpha value is -3.09. The monoisotopic (exact) mass is 362 g/mol. The number of rotatable bonds is 4. The molecule has 1 N–H and O–H groups in total. The molecule has 3 aromatic heterocycles. The van der Waals surface area contributed by atoms with E-state index in [1.54, 1.807) is 24.9 Å². The minimum atomic E-state index is -0.0419. The van der Waals surface area contributed by atoms with Gasteiger partial charge in [-0.1, -0.05) is 0 Å². The maximum absolute atomic E-state index is 12.4. The quantitative estimate of drug-likeness (QED) is 0.771. The zero-order chi connectivity index (χ0) is 18.6. The molecule has 0 saturated heterocycles. The summed E-state index contributed by atoms with van der Waals surface area (Å²) in [7, 11) is 0. The van der Waals surface area contributed by atoms with Gasteiger partial charge in [0.05, 0.1) is 23.5 Å². The van der Waals surface area contributed by atoms with Crippen molar-refractivity contribution in [3.63, 3.8) is 0 Å². The summed E-state index contributed by atoms with van der Waals surface area (Å²) in [6, 6.07) is 4.31. The number of carbonyl (C=O) groups excluding carboxylic acids is 1. The highest BCUT2D eigenvalue weighted by Gasteiger charge is 2.24. The third-order valence-electron chi connectivity index (χ3n) is 5.02. The van der Waals surface area contributed by atoms with Gasteiger partial charge >= 0.3 is 0 Å². The van der Waals surface area contributed by atoms with Crippen LogP contribution < -0.4 is 5.32 Å². The van der Waals surface area contributed by atoms with Gasteiger partial charge in [0.2, 0.25) is 0 Å². The molecule has 0 aromatic carbocycles. The maximum atomic E-state index is 12.4. The molecule has 0 atom stereocenters. The van der Waals surface area contributed by atoms with Crippen molar-refractivity contribution in [3.05, 3.63) is 60.6 Å². The molecule has 0 spiro atoms. The molecule has 4 rings (SSSR count). The van der Waals surface area contributed by atoms with Crippen LogP contribution in [0.15, 0.2) is 49.4 Å². The van der Waals surface area contributed by atoms with Crippen LogP contribution in [0, 0.1) is 6.92 Å². The molecule has 0 radical (unpaired) electrons. The molecule has 1 aliphatic rings. The molecule has 1 amide bonds. The van der Waals surface area contributed by atoms with Crippen molar-refractivity contribution in [1.82, 2.24) is 30.0 Å². The van der Waals surface area contributed by atoms with Gasteiger partial charge in [-0.05, 0) is 50.3 Å². The topological polar surface area (TPSA) is 85.6 Å². The number of aromatic nitrogens is 5. The molecular weight excluding hydrogens is 340 g/mol. The SMILES string of the molecule is Cc1cncc(C(=O)NC2CCC(n3cc(-c4ccncn4)cn3)CC2)c1. The fraction of sp³-hybridized carbons (Fsp3) is 0.350. The van der Waals surface area contributed by atoms with Gasteiger partial charge in [-0.15, -0.1) is 0 Å². The minimum Gasteiger partial charge on any atom is -0.349 e. The molecule has 3 heterocycles. The Kier molecular flexibility index (Phi) is 4.91. The molecule has 1 aliphatic carbocycles. The molecule has 138 valence electrons. The number of hydrogen-bond acceptors (Lipinski definition) is 5. The van der Waals surface area contributed by atoms with E-state index in [1.165, 1.54) is 0 Å². The normalized spacial score (nSPS) is 19.6. The van der Waals surface area contributed by atoms with Crippen LogP contribution in [0.5, 0.6) is 0 Å². The fourth-order valence-corrected chi connectivity index (χ4v) is 3.56. The van der Waals surface area contributed by atoms with E-state index in [4.69, 9.17) is 0 Å². The third-order valence-corrected chi connectivity index (χ3v) is 5.02. The zero-order valence-electron chi connectivity index (χ0n) is 15.2. The number of hydrogen-bond donors (Lipinski definition) is 1. The molecule has 3 aromatic rings. The minimum absolute atomic E-state index is 0.0419. The molecule has 27 heavy (non-hydrogen) atoms. The standard InChI is InChI=1S/C20H22N6O/c1-14-8-15(10-22-9-14)20(27)25-17-2-4-18(5-3-17)26-12-16(11-24-26)19-6-7-21-13-23-19/h6-13,17-18H,2-5H2,1H3,(H,25,27). The van der Waals surface area contributed by atoms with Gasteiger partial charge in [0.25, 0.3) is 5.91 Å². The smallest absolute Gasteiger partial charge is 0.253 e. The molecule has 0 aliphatic heterocycles. The molecule has 1 saturated carbocycles. The molecule has 7 nitrogen and oxygen atoms in total. The van der Waals surface area contributed by atoms with Gasteiger partial charge in [0.15, 0.2) is 0 Å². The first-order chi connectivity index (χ1) is 13.2. The Morgan fingerprint density at radius 3 is 2.74 bits per heavy atom. The number of carbonyl (C=O) groups is 1. The van der Waals surface area contributed by atoms with Crippen LogP contribution >= 0.6 is 0 Å². The second-order valence-electron chi connectivity index (χ2n) is 7.03. The Labute approximate surface area is 157 Å². The lowest BCUT2D eigenvalue weighted by Crippen LogP contribution is -2.38. The summed E-state index contributed by atoms with van der Waals surface area (Å²) in [5.74, 6) is -0.0419. The average molecular weight is 362 g/mol. The van der Waals surface area contributed by atoms with Gasteiger partial charge in [-0.25, -0.2) is 9.97 Å². The highest BCUT2D eigenvalue weighted by Crippen LogP contribution is 2.29. The van der Waals surface area contributed by atoms with Gasteiger partial charge in [-0.2, -0.15) is 5.10 Å². The van der Waals surface area contributed by atoms with E-state index >= 15 is 0 Å². The predicted octanol–water partition coefficient (Wildman–Crippen LogP) is 2.96. The van der Waals surface area contributed by atoms with E-state index in [0.717, 1.165) is 42.5 Å². The van der Waals surface area contributed by atoms with Crippen molar-refractivity contribution in [2.75, 3.05) is 0 Å². The zero-order valence-corrected chi connectivity index (χ0v) is 15.2. The van der Waals surface area contributed by atoms with Gasteiger partial charge < -0.3 is 5.32 Å². The van der Waals surface area contributed by atoms with Crippen LogP contribution in [0.3, 0.4) is 0 Å². The first-order valence-electron chi connectivity index (χ1n) is 9.22. The maximum Gasteiger partial charge on any atom is 0.253 e. The molecule has 0 bridgehead atoms. The van der Waals surface area contributed by atoms with Crippen LogP contribution in [0.2, 0.25) is 0 Å². The Bertz CT molecular complexity index is 915. The van der Waals surface area contributed by atoms with Crippen molar-refractivity contribution < 1.29 is 4.79 Å². The number of nitrogens with one attached hydrogen (secondary N) is 1. The summed E-state index contributed by atoms with van der Waals surface area (Å²) in [5, 5.41) is 7.66. The van der Waals surface area contributed by atoms with Gasteiger partial charge in [-0.3, -0.25) is 14.5 Å². The van der Waals surface area contributed by atoms with Crippen LogP contribution in [-0.4, -0.2) is 36.7 Å². The van der Waals surface area contributed by atoms with Crippen LogP contribution in [0.1, 0.15) is 47.6 Å². The number of aryl methyl sites for hydroxylation is 1. The first kappa shape index (κ1) is 17.3. The molecule has 0 unspecified atom stereocenters. The van der Waals surface area contributed by atoms with E-state index < -0.39 is 0 Å². The highest BCUT2D eigenvalue weighted by molar-refractivity contribution is 5.94. The fourth-order valence-electron chi connectivity index (χ4n) is 3.56. The van der Waals surface area contributed by atoms with E-state index in [1.807, 2.05) is 36.1 Å². The largest absolute Gasteiger partial charge is 0.349 e. The highest BCUT2D eigenvalue weighted by atomic mass is 16.1. The molecule has 7 heteroatoms. The second-order valence-corrected chi connectivity index (χ2v) is 7.03. The second kappa shape index (κ2) is 7.65. The van der Waals surface area contributed by atoms with Crippen molar-refractivity contribution in [2.45, 2.75) is 44.7 Å². The Morgan fingerprint density at radius 1 is 1.15 bits per heavy atom. The van der Waals surface area contributed by atoms with Crippen molar-refractivity contribution in [3.8, 4) is 11.3 Å². The third kappa shape index (κ3) is 4.02. The average Bonchev–Trinajstić information content (AvgIpc) is 3.19. The summed E-state index contributed by atoms with van der Waals surface area (Å²) in [4.78, 5) is 24.7. The van der Waals surface area contributed by atoms with E-state index in [-0.39, 0.29) is 11.9 Å². The number of nitrogens with zero attached hydrogens (tertiary/aromatic N) is 5. The lowest BCUT2D eigenvalue weighted by Gasteiger charge is -2.29. The lowest BCUT2D eigenvalue weighted by atomic mass is 9.91. The van der Waals surface area contributed by atoms with E-state index in [9.17, 15) is 4.79 Å². The molecule has 1 fully saturated rings. The molecular formula is C20H22N6O. The summed E-state index contributed by atoms with van der Waals surface area (Å²) < 4.78 is 2.03. The summed E-state index contributed by atoms with van der Waals surface area (Å²) >= 11 is 0. The van der Waals surface area contributed by atoms with E-state index in [2.05, 4.69) is 25.4 Å². The van der Waals surface area contributed by atoms with Crippen molar-refractivity contribution in [2.24, 2.45) is 0 Å². The first-order valence-corrected chi connectivity index (χ1v) is 9.22. The van der Waals surface area contributed by atoms with Gasteiger partial charge in [0, 0.05) is 36.4 Å². The summed E-state index contributed by atoms with van der Waals surface area (Å²) in [6.07, 6.45) is 14.4. The van der Waals surface area contributed by atoms with Crippen LogP contribution in [-0.2, 0) is 0 Å². The van der Waals surface area contributed by atoms with Crippen LogP contribution in [0.4, 0.5) is 0 Å². The van der Waals surface area contributed by atoms with E-state index in [0.29, 0.717) is 11.6 Å². The van der Waals surface area contributed by atoms with Gasteiger partial charge in [0.1, 0.15) is 6.33 Å². The van der Waals surface area contributed by atoms with Crippen molar-refractivity contribution in [1.29, 1.82) is 0 Å². The lowest BCUT2D eigenvalue weighted by molar-refractivity contribution is 0.0921. The summed E-state index contributed by atoms with van der Waals surface area (Å²) in [5.41, 5.74) is 3.49. The number of pyridine rings is 1. The summed E-state index contributed by atoms with van der Waals surface area (Å²) in [6.45, 7) is 1.94. The Balaban J connectivity index is 1.34.